The van der Waals surface area contributed by atoms with Crippen molar-refractivity contribution < 1.29 is 9.50 Å². The zero-order valence-corrected chi connectivity index (χ0v) is 9.59. The lowest BCUT2D eigenvalue weighted by Crippen LogP contribution is -2.34. The van der Waals surface area contributed by atoms with Gasteiger partial charge in [0.15, 0.2) is 0 Å². The van der Waals surface area contributed by atoms with E-state index in [4.69, 9.17) is 0 Å². The van der Waals surface area contributed by atoms with Crippen LogP contribution in [0.1, 0.15) is 30.4 Å². The summed E-state index contributed by atoms with van der Waals surface area (Å²) in [7, 11) is 1.86. The van der Waals surface area contributed by atoms with Gasteiger partial charge in [-0.3, -0.25) is 0 Å². The van der Waals surface area contributed by atoms with Gasteiger partial charge < -0.3 is 10.4 Å². The van der Waals surface area contributed by atoms with E-state index in [0.717, 1.165) is 31.4 Å². The van der Waals surface area contributed by atoms with Crippen LogP contribution >= 0.6 is 0 Å². The Morgan fingerprint density at radius 1 is 1.50 bits per heavy atom. The van der Waals surface area contributed by atoms with Crippen molar-refractivity contribution in [3.63, 3.8) is 0 Å². The minimum absolute atomic E-state index is 0.180. The molecular formula is C13H18FNO. The van der Waals surface area contributed by atoms with Crippen LogP contribution in [0.4, 0.5) is 4.39 Å². The number of nitrogens with one attached hydrogen (secondary N) is 1. The molecule has 0 fully saturated rings. The quantitative estimate of drug-likeness (QED) is 0.821. The normalized spacial score (nSPS) is 24.2. The molecule has 1 aromatic carbocycles. The van der Waals surface area contributed by atoms with Crippen LogP contribution in [0.3, 0.4) is 0 Å². The van der Waals surface area contributed by atoms with Crippen molar-refractivity contribution in [2.45, 2.75) is 31.3 Å². The van der Waals surface area contributed by atoms with Crippen molar-refractivity contribution in [3.05, 3.63) is 35.1 Å². The summed E-state index contributed by atoms with van der Waals surface area (Å²) in [4.78, 5) is 0. The van der Waals surface area contributed by atoms with Gasteiger partial charge in [0, 0.05) is 0 Å². The number of fused-ring (bicyclic) bond motifs is 1. The van der Waals surface area contributed by atoms with Gasteiger partial charge >= 0.3 is 0 Å². The third kappa shape index (κ3) is 1.97. The predicted molar refractivity (Wildman–Crippen MR) is 61.8 cm³/mol. The molecule has 1 aliphatic carbocycles. The van der Waals surface area contributed by atoms with Crippen molar-refractivity contribution in [1.29, 1.82) is 0 Å². The molecule has 2 nitrogen and oxygen atoms in total. The molecule has 1 atom stereocenters. The van der Waals surface area contributed by atoms with Crippen molar-refractivity contribution >= 4 is 0 Å². The van der Waals surface area contributed by atoms with E-state index in [2.05, 4.69) is 5.32 Å². The van der Waals surface area contributed by atoms with Gasteiger partial charge in [-0.05, 0) is 56.5 Å². The van der Waals surface area contributed by atoms with Gasteiger partial charge in [0.25, 0.3) is 0 Å². The molecule has 0 saturated heterocycles. The average molecular weight is 223 g/mol. The number of rotatable bonds is 3. The van der Waals surface area contributed by atoms with Crippen molar-refractivity contribution in [2.75, 3.05) is 13.6 Å². The molecule has 16 heavy (non-hydrogen) atoms. The molecule has 2 rings (SSSR count). The van der Waals surface area contributed by atoms with Gasteiger partial charge in [-0.2, -0.15) is 0 Å². The molecule has 0 aromatic heterocycles. The highest BCUT2D eigenvalue weighted by molar-refractivity contribution is 5.35. The van der Waals surface area contributed by atoms with Gasteiger partial charge in [0.1, 0.15) is 5.82 Å². The van der Waals surface area contributed by atoms with Crippen LogP contribution in [0.2, 0.25) is 0 Å². The lowest BCUT2D eigenvalue weighted by molar-refractivity contribution is 0.0103. The first-order valence-corrected chi connectivity index (χ1v) is 5.82. The first-order chi connectivity index (χ1) is 7.67. The Balaban J connectivity index is 2.35. The largest absolute Gasteiger partial charge is 0.385 e. The summed E-state index contributed by atoms with van der Waals surface area (Å²) < 4.78 is 13.6. The molecule has 3 heteroatoms. The zero-order chi connectivity index (χ0) is 11.6. The highest BCUT2D eigenvalue weighted by Crippen LogP contribution is 2.38. The Morgan fingerprint density at radius 2 is 2.31 bits per heavy atom. The predicted octanol–water partition coefficient (Wildman–Crippen LogP) is 1.96. The van der Waals surface area contributed by atoms with Crippen LogP contribution < -0.4 is 5.32 Å². The maximum Gasteiger partial charge on any atom is 0.126 e. The van der Waals surface area contributed by atoms with Gasteiger partial charge in [-0.25, -0.2) is 4.39 Å². The zero-order valence-electron chi connectivity index (χ0n) is 9.59. The summed E-state index contributed by atoms with van der Waals surface area (Å²) >= 11 is 0. The third-order valence-electron chi connectivity index (χ3n) is 3.43. The van der Waals surface area contributed by atoms with Gasteiger partial charge in [-0.1, -0.05) is 12.1 Å². The minimum atomic E-state index is -0.849. The molecule has 0 heterocycles. The van der Waals surface area contributed by atoms with Crippen LogP contribution in [-0.4, -0.2) is 18.7 Å². The fourth-order valence-corrected chi connectivity index (χ4v) is 2.53. The second kappa shape index (κ2) is 4.52. The molecule has 2 N–H and O–H groups in total. The second-order valence-electron chi connectivity index (χ2n) is 4.50. The Kier molecular flexibility index (Phi) is 3.26. The van der Waals surface area contributed by atoms with E-state index in [-0.39, 0.29) is 5.82 Å². The minimum Gasteiger partial charge on any atom is -0.385 e. The summed E-state index contributed by atoms with van der Waals surface area (Å²) in [6.07, 6.45) is 2.96. The van der Waals surface area contributed by atoms with Crippen LogP contribution in [-0.2, 0) is 12.0 Å². The van der Waals surface area contributed by atoms with Crippen molar-refractivity contribution in [1.82, 2.24) is 5.32 Å². The fraction of sp³-hybridized carbons (Fsp3) is 0.538. The smallest absolute Gasteiger partial charge is 0.126 e. The number of halogens is 1. The van der Waals surface area contributed by atoms with Crippen LogP contribution in [0.25, 0.3) is 0 Å². The number of hydrogen-bond acceptors (Lipinski definition) is 2. The SMILES string of the molecule is CNCCC1(O)CCCc2c(F)cccc21. The average Bonchev–Trinajstić information content (AvgIpc) is 2.28. The van der Waals surface area contributed by atoms with E-state index in [0.29, 0.717) is 12.0 Å². The molecule has 0 amide bonds. The molecule has 0 bridgehead atoms. The van der Waals surface area contributed by atoms with Crippen LogP contribution in [0.15, 0.2) is 18.2 Å². The Hall–Kier alpha value is -0.930. The number of hydrogen-bond donors (Lipinski definition) is 2. The maximum absolute atomic E-state index is 13.6. The molecular weight excluding hydrogens is 205 g/mol. The van der Waals surface area contributed by atoms with Crippen molar-refractivity contribution in [3.8, 4) is 0 Å². The summed E-state index contributed by atoms with van der Waals surface area (Å²) in [5, 5.41) is 13.6. The first-order valence-electron chi connectivity index (χ1n) is 5.82. The Bertz CT molecular complexity index is 380. The van der Waals surface area contributed by atoms with E-state index in [1.807, 2.05) is 13.1 Å². The second-order valence-corrected chi connectivity index (χ2v) is 4.50. The molecule has 88 valence electrons. The third-order valence-corrected chi connectivity index (χ3v) is 3.43. The van der Waals surface area contributed by atoms with E-state index in [1.54, 1.807) is 6.07 Å². The molecule has 0 spiro atoms. The highest BCUT2D eigenvalue weighted by Gasteiger charge is 2.34. The standard InChI is InChI=1S/C13H18FNO/c1-15-9-8-13(16)7-3-4-10-11(13)5-2-6-12(10)14/h2,5-6,15-16H,3-4,7-9H2,1H3. The molecule has 1 unspecified atom stereocenters. The fourth-order valence-electron chi connectivity index (χ4n) is 2.53. The number of aliphatic hydroxyl groups is 1. The topological polar surface area (TPSA) is 32.3 Å². The van der Waals surface area contributed by atoms with E-state index in [1.165, 1.54) is 6.07 Å². The molecule has 0 radical (unpaired) electrons. The summed E-state index contributed by atoms with van der Waals surface area (Å²) in [6, 6.07) is 5.01. The summed E-state index contributed by atoms with van der Waals surface area (Å²) in [6.45, 7) is 0.743. The van der Waals surface area contributed by atoms with Gasteiger partial charge in [-0.15, -0.1) is 0 Å². The first kappa shape index (κ1) is 11.6. The van der Waals surface area contributed by atoms with E-state index >= 15 is 0 Å². The van der Waals surface area contributed by atoms with Crippen molar-refractivity contribution in [2.24, 2.45) is 0 Å². The molecule has 0 saturated carbocycles. The van der Waals surface area contributed by atoms with Crippen LogP contribution in [0.5, 0.6) is 0 Å². The molecule has 1 aromatic rings. The monoisotopic (exact) mass is 223 g/mol. The Morgan fingerprint density at radius 3 is 3.06 bits per heavy atom. The maximum atomic E-state index is 13.6. The summed E-state index contributed by atoms with van der Waals surface area (Å²) in [5.74, 6) is -0.180. The van der Waals surface area contributed by atoms with Crippen LogP contribution in [0, 0.1) is 5.82 Å². The Labute approximate surface area is 95.5 Å². The van der Waals surface area contributed by atoms with E-state index in [9.17, 15) is 9.50 Å². The molecule has 0 aliphatic heterocycles. The number of benzene rings is 1. The van der Waals surface area contributed by atoms with E-state index < -0.39 is 5.60 Å². The van der Waals surface area contributed by atoms with Gasteiger partial charge in [0.2, 0.25) is 0 Å². The van der Waals surface area contributed by atoms with Gasteiger partial charge in [0.05, 0.1) is 5.60 Å². The highest BCUT2D eigenvalue weighted by atomic mass is 19.1. The lowest BCUT2D eigenvalue weighted by Gasteiger charge is -2.34. The summed E-state index contributed by atoms with van der Waals surface area (Å²) in [5.41, 5.74) is 0.639. The lowest BCUT2D eigenvalue weighted by atomic mass is 9.77. The molecule has 1 aliphatic rings.